The Balaban J connectivity index is 1.66. The number of benzene rings is 2. The fourth-order valence-electron chi connectivity index (χ4n) is 3.15. The number of ether oxygens (including phenoxy) is 1. The van der Waals surface area contributed by atoms with E-state index in [9.17, 15) is 14.7 Å². The lowest BCUT2D eigenvalue weighted by Crippen LogP contribution is -2.43. The molecular formula is C21H24N2O4. The van der Waals surface area contributed by atoms with Crippen molar-refractivity contribution >= 4 is 17.7 Å². The smallest absolute Gasteiger partial charge is 0.410 e. The van der Waals surface area contributed by atoms with E-state index < -0.39 is 18.2 Å². The fourth-order valence-corrected chi connectivity index (χ4v) is 3.15. The molecule has 2 amide bonds. The molecular weight excluding hydrogens is 344 g/mol. The molecule has 1 saturated heterocycles. The van der Waals surface area contributed by atoms with Gasteiger partial charge in [-0.25, -0.2) is 4.79 Å². The number of amides is 2. The van der Waals surface area contributed by atoms with Crippen molar-refractivity contribution in [2.75, 3.05) is 11.9 Å². The predicted molar refractivity (Wildman–Crippen MR) is 102 cm³/mol. The molecule has 2 aromatic rings. The quantitative estimate of drug-likeness (QED) is 0.870. The summed E-state index contributed by atoms with van der Waals surface area (Å²) in [5.41, 5.74) is 3.54. The molecule has 0 aromatic heterocycles. The molecule has 2 atom stereocenters. The van der Waals surface area contributed by atoms with Crippen LogP contribution in [0.5, 0.6) is 0 Å². The SMILES string of the molecule is Cc1ccc(C)c(NC(=O)[C@H]2C[C@H](O)CN2C(=O)OCc2ccccc2)c1. The van der Waals surface area contributed by atoms with Crippen LogP contribution < -0.4 is 5.32 Å². The summed E-state index contributed by atoms with van der Waals surface area (Å²) >= 11 is 0. The van der Waals surface area contributed by atoms with Crippen molar-refractivity contribution in [2.24, 2.45) is 0 Å². The lowest BCUT2D eigenvalue weighted by Gasteiger charge is -2.23. The molecule has 2 aromatic carbocycles. The van der Waals surface area contributed by atoms with Crippen LogP contribution in [0.15, 0.2) is 48.5 Å². The number of nitrogens with one attached hydrogen (secondary N) is 1. The van der Waals surface area contributed by atoms with Crippen LogP contribution in [-0.2, 0) is 16.1 Å². The van der Waals surface area contributed by atoms with Gasteiger partial charge in [0.1, 0.15) is 12.6 Å². The highest BCUT2D eigenvalue weighted by Crippen LogP contribution is 2.23. The monoisotopic (exact) mass is 368 g/mol. The van der Waals surface area contributed by atoms with E-state index in [-0.39, 0.29) is 25.5 Å². The van der Waals surface area contributed by atoms with Crippen LogP contribution in [0.1, 0.15) is 23.1 Å². The highest BCUT2D eigenvalue weighted by Gasteiger charge is 2.40. The molecule has 6 nitrogen and oxygen atoms in total. The third kappa shape index (κ3) is 4.65. The normalized spacial score (nSPS) is 19.0. The first kappa shape index (κ1) is 18.9. The second-order valence-electron chi connectivity index (χ2n) is 6.91. The van der Waals surface area contributed by atoms with Crippen LogP contribution in [0.2, 0.25) is 0 Å². The fraction of sp³-hybridized carbons (Fsp3) is 0.333. The Hall–Kier alpha value is -2.86. The van der Waals surface area contributed by atoms with Crippen LogP contribution in [0.25, 0.3) is 0 Å². The lowest BCUT2D eigenvalue weighted by molar-refractivity contribution is -0.120. The standard InChI is InChI=1S/C21H24N2O4/c1-14-8-9-15(2)18(10-14)22-20(25)19-11-17(24)12-23(19)21(26)27-13-16-6-4-3-5-7-16/h3-10,17,19,24H,11-13H2,1-2H3,(H,22,25)/t17-,19+/m0/s1. The Kier molecular flexibility index (Phi) is 5.76. The summed E-state index contributed by atoms with van der Waals surface area (Å²) < 4.78 is 5.33. The van der Waals surface area contributed by atoms with Gasteiger partial charge in [0.15, 0.2) is 0 Å². The van der Waals surface area contributed by atoms with Gasteiger partial charge in [0, 0.05) is 12.1 Å². The van der Waals surface area contributed by atoms with E-state index in [2.05, 4.69) is 5.32 Å². The van der Waals surface area contributed by atoms with Crippen molar-refractivity contribution in [3.05, 3.63) is 65.2 Å². The predicted octanol–water partition coefficient (Wildman–Crippen LogP) is 3.01. The summed E-state index contributed by atoms with van der Waals surface area (Å²) in [5, 5.41) is 12.9. The molecule has 0 saturated carbocycles. The van der Waals surface area contributed by atoms with Gasteiger partial charge in [-0.05, 0) is 36.6 Å². The average Bonchev–Trinajstić information content (AvgIpc) is 3.05. The number of likely N-dealkylation sites (tertiary alicyclic amines) is 1. The molecule has 1 aliphatic rings. The first-order valence-electron chi connectivity index (χ1n) is 8.97. The minimum absolute atomic E-state index is 0.0819. The van der Waals surface area contributed by atoms with Crippen molar-refractivity contribution in [3.63, 3.8) is 0 Å². The Labute approximate surface area is 158 Å². The summed E-state index contributed by atoms with van der Waals surface area (Å²) in [6.07, 6.45) is -1.16. The number of anilines is 1. The van der Waals surface area contributed by atoms with Gasteiger partial charge in [-0.3, -0.25) is 9.69 Å². The molecule has 27 heavy (non-hydrogen) atoms. The zero-order valence-electron chi connectivity index (χ0n) is 15.5. The topological polar surface area (TPSA) is 78.9 Å². The van der Waals surface area contributed by atoms with Crippen LogP contribution in [-0.4, -0.2) is 40.7 Å². The summed E-state index contributed by atoms with van der Waals surface area (Å²) in [6, 6.07) is 14.4. The molecule has 2 N–H and O–H groups in total. The summed E-state index contributed by atoms with van der Waals surface area (Å²) in [4.78, 5) is 26.5. The Morgan fingerprint density at radius 1 is 1.19 bits per heavy atom. The number of nitrogens with zero attached hydrogens (tertiary/aromatic N) is 1. The molecule has 1 aliphatic heterocycles. The zero-order valence-corrected chi connectivity index (χ0v) is 15.5. The third-order valence-electron chi connectivity index (χ3n) is 4.67. The summed E-state index contributed by atoms with van der Waals surface area (Å²) in [7, 11) is 0. The van der Waals surface area contributed by atoms with Crippen LogP contribution in [0, 0.1) is 13.8 Å². The molecule has 3 rings (SSSR count). The van der Waals surface area contributed by atoms with E-state index >= 15 is 0 Å². The lowest BCUT2D eigenvalue weighted by atomic mass is 10.1. The van der Waals surface area contributed by atoms with Gasteiger partial charge in [0.25, 0.3) is 0 Å². The van der Waals surface area contributed by atoms with Gasteiger partial charge < -0.3 is 15.2 Å². The third-order valence-corrected chi connectivity index (χ3v) is 4.67. The van der Waals surface area contributed by atoms with E-state index in [1.54, 1.807) is 0 Å². The summed E-state index contributed by atoms with van der Waals surface area (Å²) in [5.74, 6) is -0.322. The molecule has 0 bridgehead atoms. The maximum atomic E-state index is 12.7. The first-order valence-corrected chi connectivity index (χ1v) is 8.97. The Morgan fingerprint density at radius 3 is 2.67 bits per heavy atom. The van der Waals surface area contributed by atoms with Crippen molar-refractivity contribution < 1.29 is 19.4 Å². The Morgan fingerprint density at radius 2 is 1.93 bits per heavy atom. The molecule has 0 unspecified atom stereocenters. The van der Waals surface area contributed by atoms with Gasteiger partial charge in [0.2, 0.25) is 5.91 Å². The molecule has 0 aliphatic carbocycles. The van der Waals surface area contributed by atoms with Gasteiger partial charge in [-0.15, -0.1) is 0 Å². The Bertz CT molecular complexity index is 822. The van der Waals surface area contributed by atoms with Crippen LogP contribution in [0.3, 0.4) is 0 Å². The molecule has 0 radical (unpaired) electrons. The molecule has 0 spiro atoms. The average molecular weight is 368 g/mol. The maximum absolute atomic E-state index is 12.7. The summed E-state index contributed by atoms with van der Waals surface area (Å²) in [6.45, 7) is 4.06. The van der Waals surface area contributed by atoms with Crippen molar-refractivity contribution in [3.8, 4) is 0 Å². The number of aryl methyl sites for hydroxylation is 2. The highest BCUT2D eigenvalue weighted by molar-refractivity contribution is 5.97. The minimum Gasteiger partial charge on any atom is -0.445 e. The van der Waals surface area contributed by atoms with Gasteiger partial charge in [0.05, 0.1) is 12.6 Å². The van der Waals surface area contributed by atoms with E-state index in [0.717, 1.165) is 16.7 Å². The van der Waals surface area contributed by atoms with Crippen molar-refractivity contribution in [1.29, 1.82) is 0 Å². The number of hydrogen-bond donors (Lipinski definition) is 2. The van der Waals surface area contributed by atoms with E-state index in [1.807, 2.05) is 62.4 Å². The van der Waals surface area contributed by atoms with Gasteiger partial charge >= 0.3 is 6.09 Å². The second-order valence-corrected chi connectivity index (χ2v) is 6.91. The van der Waals surface area contributed by atoms with Gasteiger partial charge in [-0.2, -0.15) is 0 Å². The van der Waals surface area contributed by atoms with E-state index in [0.29, 0.717) is 5.69 Å². The van der Waals surface area contributed by atoms with Crippen molar-refractivity contribution in [2.45, 2.75) is 39.0 Å². The first-order chi connectivity index (χ1) is 12.9. The van der Waals surface area contributed by atoms with E-state index in [1.165, 1.54) is 4.90 Å². The number of carbonyl (C=O) groups is 2. The number of hydrogen-bond acceptors (Lipinski definition) is 4. The van der Waals surface area contributed by atoms with Crippen molar-refractivity contribution in [1.82, 2.24) is 4.90 Å². The second kappa shape index (κ2) is 8.22. The number of rotatable bonds is 4. The number of aliphatic hydroxyl groups is 1. The molecule has 1 fully saturated rings. The molecule has 142 valence electrons. The molecule has 6 heteroatoms. The van der Waals surface area contributed by atoms with E-state index in [4.69, 9.17) is 4.74 Å². The highest BCUT2D eigenvalue weighted by atomic mass is 16.6. The van der Waals surface area contributed by atoms with Crippen LogP contribution >= 0.6 is 0 Å². The minimum atomic E-state index is -0.761. The number of carbonyl (C=O) groups excluding carboxylic acids is 2. The van der Waals surface area contributed by atoms with Crippen LogP contribution in [0.4, 0.5) is 10.5 Å². The van der Waals surface area contributed by atoms with Gasteiger partial charge in [-0.1, -0.05) is 42.5 Å². The maximum Gasteiger partial charge on any atom is 0.410 e. The number of aliphatic hydroxyl groups excluding tert-OH is 1. The zero-order chi connectivity index (χ0) is 19.4. The largest absolute Gasteiger partial charge is 0.445 e. The molecule has 1 heterocycles. The number of β-amino-alcohol motifs (C(OH)–C–C–N with tert-alkyl or cyclic N) is 1.